The van der Waals surface area contributed by atoms with E-state index in [-0.39, 0.29) is 11.0 Å². The van der Waals surface area contributed by atoms with Gasteiger partial charge < -0.3 is 15.0 Å². The molecule has 20 heavy (non-hydrogen) atoms. The van der Waals surface area contributed by atoms with Crippen molar-refractivity contribution in [2.24, 2.45) is 0 Å². The maximum absolute atomic E-state index is 12.1. The van der Waals surface area contributed by atoms with Crippen molar-refractivity contribution < 1.29 is 9.53 Å². The molecule has 0 aromatic heterocycles. The van der Waals surface area contributed by atoms with Crippen LogP contribution < -0.4 is 5.32 Å². The Morgan fingerprint density at radius 1 is 1.30 bits per heavy atom. The molecule has 2 aliphatic rings. The van der Waals surface area contributed by atoms with Crippen LogP contribution in [0.4, 0.5) is 4.79 Å². The first kappa shape index (κ1) is 13.8. The minimum atomic E-state index is -0.00376. The fourth-order valence-corrected chi connectivity index (χ4v) is 3.90. The summed E-state index contributed by atoms with van der Waals surface area (Å²) < 4.78 is 5.84. The van der Waals surface area contributed by atoms with E-state index in [1.54, 1.807) is 0 Å². The Kier molecular flexibility index (Phi) is 4.17. The Balaban J connectivity index is 1.47. The van der Waals surface area contributed by atoms with Crippen LogP contribution in [-0.4, -0.2) is 41.3 Å². The number of nitrogens with one attached hydrogen (secondary N) is 1. The number of carbonyl (C=O) groups is 1. The molecule has 4 nitrogen and oxygen atoms in total. The van der Waals surface area contributed by atoms with Gasteiger partial charge in [0.2, 0.25) is 0 Å². The molecule has 2 heterocycles. The summed E-state index contributed by atoms with van der Waals surface area (Å²) in [7, 11) is 0. The van der Waals surface area contributed by atoms with E-state index in [2.05, 4.69) is 5.32 Å². The average Bonchev–Trinajstić information content (AvgIpc) is 2.95. The predicted octanol–water partition coefficient (Wildman–Crippen LogP) is 2.45. The molecule has 1 aromatic rings. The van der Waals surface area contributed by atoms with Crippen LogP contribution in [0.3, 0.4) is 0 Å². The number of piperidine rings is 1. The predicted molar refractivity (Wildman–Crippen MR) is 80.6 cm³/mol. The van der Waals surface area contributed by atoms with Gasteiger partial charge >= 0.3 is 6.03 Å². The summed E-state index contributed by atoms with van der Waals surface area (Å²) in [5, 5.41) is 2.99. The summed E-state index contributed by atoms with van der Waals surface area (Å²) in [5.41, 5.74) is 1.13. The molecule has 108 valence electrons. The van der Waals surface area contributed by atoms with Gasteiger partial charge in [0.15, 0.2) is 0 Å². The van der Waals surface area contributed by atoms with Gasteiger partial charge in [0, 0.05) is 38.2 Å². The van der Waals surface area contributed by atoms with E-state index < -0.39 is 0 Å². The van der Waals surface area contributed by atoms with E-state index in [0.717, 1.165) is 43.9 Å². The molecule has 0 unspecified atom stereocenters. The lowest BCUT2D eigenvalue weighted by molar-refractivity contribution is 0.00942. The third kappa shape index (κ3) is 3.10. The molecule has 2 fully saturated rings. The first-order valence-corrected chi connectivity index (χ1v) is 8.11. The highest BCUT2D eigenvalue weighted by Crippen LogP contribution is 2.41. The van der Waals surface area contributed by atoms with Gasteiger partial charge in [-0.3, -0.25) is 0 Å². The van der Waals surface area contributed by atoms with Gasteiger partial charge in [-0.15, -0.1) is 11.8 Å². The SMILES string of the molecule is O=C(NCc1ccccc1)N1CCC2(CC1)OCCS2. The van der Waals surface area contributed by atoms with Crippen LogP contribution in [0, 0.1) is 0 Å². The minimum absolute atomic E-state index is 0.00376. The van der Waals surface area contributed by atoms with Crippen LogP contribution >= 0.6 is 11.8 Å². The molecule has 2 amide bonds. The number of urea groups is 1. The zero-order chi connectivity index (χ0) is 13.8. The van der Waals surface area contributed by atoms with Crippen molar-refractivity contribution in [1.29, 1.82) is 0 Å². The third-order valence-electron chi connectivity index (χ3n) is 3.91. The van der Waals surface area contributed by atoms with Gasteiger partial charge in [-0.25, -0.2) is 4.79 Å². The fraction of sp³-hybridized carbons (Fsp3) is 0.533. The minimum Gasteiger partial charge on any atom is -0.363 e. The highest BCUT2D eigenvalue weighted by molar-refractivity contribution is 8.00. The number of nitrogens with zero attached hydrogens (tertiary/aromatic N) is 1. The largest absolute Gasteiger partial charge is 0.363 e. The standard InChI is InChI=1S/C15H20N2O2S/c18-14(16-12-13-4-2-1-3-5-13)17-8-6-15(7-9-17)19-10-11-20-15/h1-5H,6-12H2,(H,16,18). The van der Waals surface area contributed by atoms with Crippen LogP contribution in [0.25, 0.3) is 0 Å². The summed E-state index contributed by atoms with van der Waals surface area (Å²) in [6.45, 7) is 3.01. The van der Waals surface area contributed by atoms with Crippen LogP contribution in [0.5, 0.6) is 0 Å². The maximum atomic E-state index is 12.1. The fourth-order valence-electron chi connectivity index (χ4n) is 2.72. The molecule has 2 saturated heterocycles. The number of thioether (sulfide) groups is 1. The van der Waals surface area contributed by atoms with Crippen LogP contribution in [0.15, 0.2) is 30.3 Å². The molecule has 1 spiro atoms. The number of ether oxygens (including phenoxy) is 1. The van der Waals surface area contributed by atoms with E-state index >= 15 is 0 Å². The smallest absolute Gasteiger partial charge is 0.317 e. The first-order valence-electron chi connectivity index (χ1n) is 7.12. The molecular formula is C15H20N2O2S. The van der Waals surface area contributed by atoms with Crippen molar-refractivity contribution in [3.05, 3.63) is 35.9 Å². The van der Waals surface area contributed by atoms with Crippen molar-refractivity contribution in [2.45, 2.75) is 24.3 Å². The third-order valence-corrected chi connectivity index (χ3v) is 5.34. The number of rotatable bonds is 2. The lowest BCUT2D eigenvalue weighted by atomic mass is 10.1. The Bertz CT molecular complexity index is 450. The second kappa shape index (κ2) is 6.06. The highest BCUT2D eigenvalue weighted by Gasteiger charge is 2.40. The van der Waals surface area contributed by atoms with E-state index in [4.69, 9.17) is 4.74 Å². The van der Waals surface area contributed by atoms with Crippen molar-refractivity contribution in [1.82, 2.24) is 10.2 Å². The summed E-state index contributed by atoms with van der Waals surface area (Å²) in [5.74, 6) is 1.08. The second-order valence-corrected chi connectivity index (χ2v) is 6.68. The summed E-state index contributed by atoms with van der Waals surface area (Å²) in [6.07, 6.45) is 1.88. The Morgan fingerprint density at radius 2 is 2.05 bits per heavy atom. The highest BCUT2D eigenvalue weighted by atomic mass is 32.2. The van der Waals surface area contributed by atoms with Gasteiger partial charge in [-0.05, 0) is 5.56 Å². The maximum Gasteiger partial charge on any atom is 0.317 e. The zero-order valence-corrected chi connectivity index (χ0v) is 12.3. The molecule has 0 atom stereocenters. The number of benzene rings is 1. The molecule has 0 saturated carbocycles. The molecule has 0 bridgehead atoms. The lowest BCUT2D eigenvalue weighted by Gasteiger charge is -2.37. The topological polar surface area (TPSA) is 41.6 Å². The van der Waals surface area contributed by atoms with E-state index in [1.807, 2.05) is 47.0 Å². The summed E-state index contributed by atoms with van der Waals surface area (Å²) in [4.78, 5) is 14.0. The van der Waals surface area contributed by atoms with Crippen LogP contribution in [-0.2, 0) is 11.3 Å². The number of likely N-dealkylation sites (tertiary alicyclic amines) is 1. The summed E-state index contributed by atoms with van der Waals surface area (Å²) in [6, 6.07) is 10.0. The molecule has 1 aromatic carbocycles. The van der Waals surface area contributed by atoms with Crippen molar-refractivity contribution in [3.8, 4) is 0 Å². The number of hydrogen-bond donors (Lipinski definition) is 1. The molecule has 0 radical (unpaired) electrons. The van der Waals surface area contributed by atoms with Crippen molar-refractivity contribution in [3.63, 3.8) is 0 Å². The number of hydrogen-bond acceptors (Lipinski definition) is 3. The van der Waals surface area contributed by atoms with Crippen LogP contribution in [0.1, 0.15) is 18.4 Å². The van der Waals surface area contributed by atoms with Gasteiger partial charge in [-0.1, -0.05) is 30.3 Å². The number of amides is 2. The zero-order valence-electron chi connectivity index (χ0n) is 11.5. The average molecular weight is 292 g/mol. The number of carbonyl (C=O) groups excluding carboxylic acids is 1. The Labute approximate surface area is 123 Å². The van der Waals surface area contributed by atoms with E-state index in [1.165, 1.54) is 0 Å². The molecule has 3 rings (SSSR count). The van der Waals surface area contributed by atoms with E-state index in [0.29, 0.717) is 6.54 Å². The van der Waals surface area contributed by atoms with E-state index in [9.17, 15) is 4.79 Å². The van der Waals surface area contributed by atoms with Gasteiger partial charge in [0.1, 0.15) is 4.93 Å². The quantitative estimate of drug-likeness (QED) is 0.910. The lowest BCUT2D eigenvalue weighted by Crippen LogP contribution is -2.48. The van der Waals surface area contributed by atoms with Gasteiger partial charge in [0.05, 0.1) is 6.61 Å². The van der Waals surface area contributed by atoms with Gasteiger partial charge in [-0.2, -0.15) is 0 Å². The normalized spacial score (nSPS) is 21.1. The Hall–Kier alpha value is -1.20. The monoisotopic (exact) mass is 292 g/mol. The van der Waals surface area contributed by atoms with Crippen molar-refractivity contribution in [2.75, 3.05) is 25.4 Å². The van der Waals surface area contributed by atoms with Gasteiger partial charge in [0.25, 0.3) is 0 Å². The molecule has 2 aliphatic heterocycles. The Morgan fingerprint density at radius 3 is 2.70 bits per heavy atom. The summed E-state index contributed by atoms with van der Waals surface area (Å²) >= 11 is 1.91. The van der Waals surface area contributed by atoms with Crippen LogP contribution in [0.2, 0.25) is 0 Å². The second-order valence-electron chi connectivity index (χ2n) is 5.24. The molecule has 1 N–H and O–H groups in total. The first-order chi connectivity index (χ1) is 9.77. The molecule has 0 aliphatic carbocycles. The van der Waals surface area contributed by atoms with Crippen molar-refractivity contribution >= 4 is 17.8 Å². The molecular weight excluding hydrogens is 272 g/mol. The molecule has 5 heteroatoms.